The maximum Gasteiger partial charge on any atom is 0.352 e. The molecule has 0 aliphatic carbocycles. The fraction of sp³-hybridized carbons (Fsp3) is 0.636. The third-order valence-corrected chi connectivity index (χ3v) is 1.69. The quantitative estimate of drug-likeness (QED) is 0.213. The summed E-state index contributed by atoms with van der Waals surface area (Å²) >= 11 is 0. The summed E-state index contributed by atoms with van der Waals surface area (Å²) in [6, 6.07) is 1.74. The van der Waals surface area contributed by atoms with Gasteiger partial charge in [-0.1, -0.05) is 19.8 Å². The van der Waals surface area contributed by atoms with Gasteiger partial charge in [0.25, 0.3) is 0 Å². The zero-order valence-electron chi connectivity index (χ0n) is 9.28. The Hall–Kier alpha value is -1.50. The fourth-order valence-corrected chi connectivity index (χ4v) is 0.881. The van der Waals surface area contributed by atoms with Crippen molar-refractivity contribution in [1.82, 2.24) is 0 Å². The van der Waals surface area contributed by atoms with Gasteiger partial charge in [-0.05, 0) is 13.3 Å². The van der Waals surface area contributed by atoms with E-state index >= 15 is 0 Å². The van der Waals surface area contributed by atoms with Crippen LogP contribution in [0.2, 0.25) is 0 Å². The first-order chi connectivity index (χ1) is 7.26. The van der Waals surface area contributed by atoms with Gasteiger partial charge < -0.3 is 9.47 Å². The first-order valence-corrected chi connectivity index (χ1v) is 5.15. The van der Waals surface area contributed by atoms with Crippen LogP contribution in [-0.2, 0) is 14.3 Å². The van der Waals surface area contributed by atoms with Gasteiger partial charge >= 0.3 is 5.97 Å². The molecule has 0 aromatic carbocycles. The molecule has 0 unspecified atom stereocenters. The molecule has 84 valence electrons. The van der Waals surface area contributed by atoms with Crippen LogP contribution in [-0.4, -0.2) is 19.2 Å². The Labute approximate surface area is 90.5 Å². The lowest BCUT2D eigenvalue weighted by molar-refractivity contribution is -0.138. The molecule has 0 aromatic heterocycles. The van der Waals surface area contributed by atoms with E-state index in [0.29, 0.717) is 13.2 Å². The lowest BCUT2D eigenvalue weighted by Crippen LogP contribution is -2.08. The van der Waals surface area contributed by atoms with Crippen LogP contribution in [0, 0.1) is 11.3 Å². The molecule has 0 aliphatic heterocycles. The maximum absolute atomic E-state index is 11.3. The summed E-state index contributed by atoms with van der Waals surface area (Å²) in [6.07, 6.45) is 4.06. The molecule has 0 bridgehead atoms. The van der Waals surface area contributed by atoms with Crippen molar-refractivity contribution >= 4 is 5.97 Å². The van der Waals surface area contributed by atoms with Crippen molar-refractivity contribution in [2.75, 3.05) is 13.2 Å². The Balaban J connectivity index is 3.90. The predicted octanol–water partition coefficient (Wildman–Crippen LogP) is 2.16. The highest BCUT2D eigenvalue weighted by Gasteiger charge is 2.10. The highest BCUT2D eigenvalue weighted by atomic mass is 16.5. The number of carbonyl (C=O) groups excluding carboxylic acids is 1. The van der Waals surface area contributed by atoms with Crippen molar-refractivity contribution < 1.29 is 14.3 Å². The molecule has 0 saturated carbocycles. The van der Waals surface area contributed by atoms with Gasteiger partial charge in [0, 0.05) is 0 Å². The van der Waals surface area contributed by atoms with Crippen molar-refractivity contribution in [1.29, 1.82) is 5.26 Å². The number of esters is 1. The van der Waals surface area contributed by atoms with Crippen molar-refractivity contribution in [3.8, 4) is 6.07 Å². The topological polar surface area (TPSA) is 59.3 Å². The summed E-state index contributed by atoms with van der Waals surface area (Å²) in [7, 11) is 0. The van der Waals surface area contributed by atoms with E-state index in [-0.39, 0.29) is 5.57 Å². The molecule has 0 aromatic rings. The van der Waals surface area contributed by atoms with Crippen molar-refractivity contribution in [2.45, 2.75) is 33.1 Å². The monoisotopic (exact) mass is 211 g/mol. The second-order valence-corrected chi connectivity index (χ2v) is 2.94. The van der Waals surface area contributed by atoms with E-state index in [1.807, 2.05) is 0 Å². The minimum atomic E-state index is -0.609. The molecule has 0 aliphatic rings. The number of hydrogen-bond donors (Lipinski definition) is 0. The van der Waals surface area contributed by atoms with Crippen molar-refractivity contribution in [3.63, 3.8) is 0 Å². The van der Waals surface area contributed by atoms with Gasteiger partial charge in [0.15, 0.2) is 5.57 Å². The smallest absolute Gasteiger partial charge is 0.352 e. The molecule has 0 N–H and O–H groups in total. The van der Waals surface area contributed by atoms with Gasteiger partial charge in [0.05, 0.1) is 13.2 Å². The van der Waals surface area contributed by atoms with Gasteiger partial charge in [-0.3, -0.25) is 0 Å². The van der Waals surface area contributed by atoms with Crippen molar-refractivity contribution in [2.24, 2.45) is 0 Å². The van der Waals surface area contributed by atoms with E-state index in [1.54, 1.807) is 13.0 Å². The summed E-state index contributed by atoms with van der Waals surface area (Å²) in [4.78, 5) is 11.3. The van der Waals surface area contributed by atoms with Crippen LogP contribution in [0.5, 0.6) is 0 Å². The average Bonchev–Trinajstić information content (AvgIpc) is 2.25. The molecule has 0 amide bonds. The van der Waals surface area contributed by atoms with Gasteiger partial charge in [-0.15, -0.1) is 0 Å². The Morgan fingerprint density at radius 2 is 2.13 bits per heavy atom. The Morgan fingerprint density at radius 1 is 1.40 bits per heavy atom. The van der Waals surface area contributed by atoms with E-state index < -0.39 is 5.97 Å². The minimum Gasteiger partial charge on any atom is -0.500 e. The van der Waals surface area contributed by atoms with Gasteiger partial charge in [0.2, 0.25) is 0 Å². The molecule has 15 heavy (non-hydrogen) atoms. The normalized spacial score (nSPS) is 10.6. The van der Waals surface area contributed by atoms with E-state index in [2.05, 4.69) is 6.92 Å². The first kappa shape index (κ1) is 13.5. The molecular formula is C11H17NO3. The fourth-order valence-electron chi connectivity index (χ4n) is 0.881. The standard InChI is InChI=1S/C11H17NO3/c1-3-5-6-7-15-11(13)10(8-12)9-14-4-2/h9H,3-7H2,1-2H3. The number of unbranched alkanes of at least 4 members (excludes halogenated alkanes) is 2. The zero-order chi connectivity index (χ0) is 11.5. The lowest BCUT2D eigenvalue weighted by atomic mass is 10.3. The molecule has 0 rings (SSSR count). The van der Waals surface area contributed by atoms with Gasteiger partial charge in [0.1, 0.15) is 12.3 Å². The second kappa shape index (κ2) is 9.07. The summed E-state index contributed by atoms with van der Waals surface area (Å²) in [6.45, 7) is 4.63. The third-order valence-electron chi connectivity index (χ3n) is 1.69. The molecule has 0 atom stereocenters. The third kappa shape index (κ3) is 6.55. The summed E-state index contributed by atoms with van der Waals surface area (Å²) < 4.78 is 9.73. The highest BCUT2D eigenvalue weighted by Crippen LogP contribution is 2.00. The largest absolute Gasteiger partial charge is 0.500 e. The van der Waals surface area contributed by atoms with Crippen LogP contribution in [0.15, 0.2) is 11.8 Å². The number of carbonyl (C=O) groups is 1. The predicted molar refractivity (Wildman–Crippen MR) is 55.8 cm³/mol. The molecule has 0 spiro atoms. The summed E-state index contributed by atoms with van der Waals surface area (Å²) in [5, 5.41) is 8.63. The van der Waals surface area contributed by atoms with E-state index in [0.717, 1.165) is 25.5 Å². The van der Waals surface area contributed by atoms with Crippen LogP contribution in [0.4, 0.5) is 0 Å². The van der Waals surface area contributed by atoms with Crippen LogP contribution in [0.3, 0.4) is 0 Å². The number of ether oxygens (including phenoxy) is 2. The average molecular weight is 211 g/mol. The lowest BCUT2D eigenvalue weighted by Gasteiger charge is -2.02. The van der Waals surface area contributed by atoms with Crippen LogP contribution >= 0.6 is 0 Å². The van der Waals surface area contributed by atoms with Crippen LogP contribution in [0.1, 0.15) is 33.1 Å². The van der Waals surface area contributed by atoms with E-state index in [9.17, 15) is 4.79 Å². The van der Waals surface area contributed by atoms with Gasteiger partial charge in [-0.2, -0.15) is 5.26 Å². The maximum atomic E-state index is 11.3. The van der Waals surface area contributed by atoms with E-state index in [4.69, 9.17) is 14.7 Å². The molecule has 0 fully saturated rings. The number of nitriles is 1. The molecule has 4 heteroatoms. The first-order valence-electron chi connectivity index (χ1n) is 5.15. The summed E-state index contributed by atoms with van der Waals surface area (Å²) in [5.41, 5.74) is -0.0895. The van der Waals surface area contributed by atoms with E-state index in [1.165, 1.54) is 0 Å². The Morgan fingerprint density at radius 3 is 2.67 bits per heavy atom. The number of rotatable bonds is 7. The summed E-state index contributed by atoms with van der Waals surface area (Å²) in [5.74, 6) is -0.609. The number of nitrogens with zero attached hydrogens (tertiary/aromatic N) is 1. The molecule has 4 nitrogen and oxygen atoms in total. The minimum absolute atomic E-state index is 0.0895. The molecular weight excluding hydrogens is 194 g/mol. The molecule has 0 heterocycles. The van der Waals surface area contributed by atoms with Crippen LogP contribution < -0.4 is 0 Å². The SMILES string of the molecule is CCCCCOC(=O)C(C#N)=COCC. The van der Waals surface area contributed by atoms with Crippen molar-refractivity contribution in [3.05, 3.63) is 11.8 Å². The van der Waals surface area contributed by atoms with Gasteiger partial charge in [-0.25, -0.2) is 4.79 Å². The second-order valence-electron chi connectivity index (χ2n) is 2.94. The number of hydrogen-bond acceptors (Lipinski definition) is 4. The Bertz CT molecular complexity index is 253. The molecule has 0 radical (unpaired) electrons. The highest BCUT2D eigenvalue weighted by molar-refractivity contribution is 5.92. The molecule has 0 saturated heterocycles. The van der Waals surface area contributed by atoms with Crippen LogP contribution in [0.25, 0.3) is 0 Å². The zero-order valence-corrected chi connectivity index (χ0v) is 9.28. The Kier molecular flexibility index (Phi) is 8.16.